The predicted molar refractivity (Wildman–Crippen MR) is 84.6 cm³/mol. The van der Waals surface area contributed by atoms with E-state index in [0.29, 0.717) is 17.4 Å². The molecule has 0 saturated carbocycles. The van der Waals surface area contributed by atoms with Crippen molar-refractivity contribution in [1.82, 2.24) is 9.80 Å². The first kappa shape index (κ1) is 16.3. The fraction of sp³-hybridized carbons (Fsp3) is 0.571. The van der Waals surface area contributed by atoms with Crippen molar-refractivity contribution < 1.29 is 9.59 Å². The van der Waals surface area contributed by atoms with Gasteiger partial charge in [0.15, 0.2) is 0 Å². The summed E-state index contributed by atoms with van der Waals surface area (Å²) in [6.45, 7) is 5.01. The summed E-state index contributed by atoms with van der Waals surface area (Å²) >= 11 is 7.38. The molecule has 1 aliphatic heterocycles. The topological polar surface area (TPSA) is 66.6 Å². The number of amides is 2. The highest BCUT2D eigenvalue weighted by Gasteiger charge is 2.25. The van der Waals surface area contributed by atoms with Crippen molar-refractivity contribution in [2.75, 3.05) is 32.7 Å². The summed E-state index contributed by atoms with van der Waals surface area (Å²) in [7, 11) is 0. The monoisotopic (exact) mass is 329 g/mol. The van der Waals surface area contributed by atoms with Crippen molar-refractivity contribution in [3.63, 3.8) is 0 Å². The molecule has 0 radical (unpaired) electrons. The first-order chi connectivity index (χ1) is 9.97. The Morgan fingerprint density at radius 3 is 2.71 bits per heavy atom. The first-order valence-electron chi connectivity index (χ1n) is 7.02. The number of halogens is 1. The van der Waals surface area contributed by atoms with Crippen molar-refractivity contribution in [3.05, 3.63) is 21.3 Å². The lowest BCUT2D eigenvalue weighted by Crippen LogP contribution is -2.39. The van der Waals surface area contributed by atoms with Gasteiger partial charge in [0.05, 0.1) is 16.8 Å². The van der Waals surface area contributed by atoms with Gasteiger partial charge >= 0.3 is 0 Å². The van der Waals surface area contributed by atoms with E-state index in [4.69, 9.17) is 17.3 Å². The largest absolute Gasteiger partial charge is 0.369 e. The van der Waals surface area contributed by atoms with Gasteiger partial charge in [0.25, 0.3) is 0 Å². The Morgan fingerprint density at radius 2 is 2.10 bits per heavy atom. The van der Waals surface area contributed by atoms with Crippen molar-refractivity contribution >= 4 is 34.8 Å². The number of nitrogens with zero attached hydrogens (tertiary/aromatic N) is 2. The summed E-state index contributed by atoms with van der Waals surface area (Å²) in [4.78, 5) is 28.4. The zero-order valence-corrected chi connectivity index (χ0v) is 13.6. The predicted octanol–water partition coefficient (Wildman–Crippen LogP) is 1.52. The molecular weight excluding hydrogens is 310 g/mol. The smallest absolute Gasteiger partial charge is 0.231 e. The summed E-state index contributed by atoms with van der Waals surface area (Å²) in [5.41, 5.74) is 5.22. The molecule has 116 valence electrons. The second-order valence-electron chi connectivity index (χ2n) is 5.28. The van der Waals surface area contributed by atoms with E-state index in [1.165, 1.54) is 11.3 Å². The molecule has 0 bridgehead atoms. The summed E-state index contributed by atoms with van der Waals surface area (Å²) < 4.78 is 0.702. The molecule has 0 spiro atoms. The van der Waals surface area contributed by atoms with Crippen LogP contribution in [0.15, 0.2) is 12.1 Å². The molecule has 1 aliphatic rings. The van der Waals surface area contributed by atoms with Crippen molar-refractivity contribution in [1.29, 1.82) is 0 Å². The van der Waals surface area contributed by atoms with E-state index in [1.807, 2.05) is 28.9 Å². The molecule has 21 heavy (non-hydrogen) atoms. The summed E-state index contributed by atoms with van der Waals surface area (Å²) in [6, 6.07) is 3.73. The standard InChI is InChI=1S/C14H20ClN3O2S/c1-10(11-3-4-12(15)21-11)14(20)18-6-2-5-17(7-8-18)9-13(16)19/h3-4,10H,2,5-9H2,1H3,(H2,16,19). The minimum absolute atomic E-state index is 0.120. The van der Waals surface area contributed by atoms with Gasteiger partial charge in [-0.25, -0.2) is 0 Å². The Bertz CT molecular complexity index is 520. The van der Waals surface area contributed by atoms with Gasteiger partial charge in [-0.3, -0.25) is 14.5 Å². The molecule has 0 aromatic carbocycles. The van der Waals surface area contributed by atoms with E-state index in [0.717, 1.165) is 24.4 Å². The zero-order chi connectivity index (χ0) is 15.4. The minimum atomic E-state index is -0.323. The molecule has 2 N–H and O–H groups in total. The number of carbonyl (C=O) groups excluding carboxylic acids is 2. The molecule has 1 aromatic rings. The molecular formula is C14H20ClN3O2S. The van der Waals surface area contributed by atoms with Crippen LogP contribution in [0.5, 0.6) is 0 Å². The maximum atomic E-state index is 12.6. The second-order valence-corrected chi connectivity index (χ2v) is 7.03. The number of carbonyl (C=O) groups is 2. The van der Waals surface area contributed by atoms with Crippen LogP contribution in [0.1, 0.15) is 24.1 Å². The van der Waals surface area contributed by atoms with Gasteiger partial charge in [-0.15, -0.1) is 11.3 Å². The second kappa shape index (κ2) is 7.24. The van der Waals surface area contributed by atoms with Crippen LogP contribution in [0.2, 0.25) is 4.34 Å². The van der Waals surface area contributed by atoms with Crippen molar-refractivity contribution in [2.24, 2.45) is 5.73 Å². The molecule has 5 nitrogen and oxygen atoms in total. The fourth-order valence-corrected chi connectivity index (χ4v) is 3.63. The Hall–Kier alpha value is -1.11. The first-order valence-corrected chi connectivity index (χ1v) is 8.21. The molecule has 2 rings (SSSR count). The summed E-state index contributed by atoms with van der Waals surface area (Å²) in [5.74, 6) is -0.379. The highest BCUT2D eigenvalue weighted by atomic mass is 35.5. The van der Waals surface area contributed by atoms with Gasteiger partial charge in [0.2, 0.25) is 11.8 Å². The van der Waals surface area contributed by atoms with E-state index in [2.05, 4.69) is 0 Å². The molecule has 1 atom stereocenters. The van der Waals surface area contributed by atoms with Crippen LogP contribution in [0.25, 0.3) is 0 Å². The molecule has 2 amide bonds. The summed E-state index contributed by atoms with van der Waals surface area (Å²) in [5, 5.41) is 0. The van der Waals surface area contributed by atoms with E-state index >= 15 is 0 Å². The Labute approximate surface area is 133 Å². The average molecular weight is 330 g/mol. The third-order valence-corrected chi connectivity index (χ3v) is 5.08. The Morgan fingerprint density at radius 1 is 1.33 bits per heavy atom. The zero-order valence-electron chi connectivity index (χ0n) is 12.0. The number of rotatable bonds is 4. The van der Waals surface area contributed by atoms with Gasteiger partial charge in [-0.2, -0.15) is 0 Å². The molecule has 1 unspecified atom stereocenters. The van der Waals surface area contributed by atoms with E-state index in [-0.39, 0.29) is 24.3 Å². The molecule has 0 aliphatic carbocycles. The Kier molecular flexibility index (Phi) is 5.61. The SMILES string of the molecule is CC(C(=O)N1CCCN(CC(N)=O)CC1)c1ccc(Cl)s1. The molecule has 1 aromatic heterocycles. The quantitative estimate of drug-likeness (QED) is 0.911. The van der Waals surface area contributed by atoms with Crippen molar-refractivity contribution in [2.45, 2.75) is 19.3 Å². The van der Waals surface area contributed by atoms with Crippen LogP contribution in [0.3, 0.4) is 0 Å². The van der Waals surface area contributed by atoms with Crippen molar-refractivity contribution in [3.8, 4) is 0 Å². The van der Waals surface area contributed by atoms with Gasteiger partial charge < -0.3 is 10.6 Å². The average Bonchev–Trinajstić information content (AvgIpc) is 2.73. The summed E-state index contributed by atoms with van der Waals surface area (Å²) in [6.07, 6.45) is 0.858. The van der Waals surface area contributed by atoms with Crippen LogP contribution < -0.4 is 5.73 Å². The maximum absolute atomic E-state index is 12.6. The van der Waals surface area contributed by atoms with Gasteiger partial charge in [0.1, 0.15) is 0 Å². The number of primary amides is 1. The van der Waals surface area contributed by atoms with Crippen LogP contribution in [0, 0.1) is 0 Å². The van der Waals surface area contributed by atoms with Crippen LogP contribution in [-0.4, -0.2) is 54.3 Å². The third kappa shape index (κ3) is 4.43. The van der Waals surface area contributed by atoms with Crippen LogP contribution in [-0.2, 0) is 9.59 Å². The number of hydrogen-bond acceptors (Lipinski definition) is 4. The Balaban J connectivity index is 1.95. The molecule has 1 fully saturated rings. The minimum Gasteiger partial charge on any atom is -0.369 e. The lowest BCUT2D eigenvalue weighted by molar-refractivity contribution is -0.132. The van der Waals surface area contributed by atoms with Gasteiger partial charge in [0, 0.05) is 31.1 Å². The van der Waals surface area contributed by atoms with E-state index < -0.39 is 0 Å². The van der Waals surface area contributed by atoms with Gasteiger partial charge in [-0.05, 0) is 25.5 Å². The normalized spacial score (nSPS) is 18.3. The van der Waals surface area contributed by atoms with Gasteiger partial charge in [-0.1, -0.05) is 11.6 Å². The molecule has 1 saturated heterocycles. The fourth-order valence-electron chi connectivity index (χ4n) is 2.53. The number of hydrogen-bond donors (Lipinski definition) is 1. The lowest BCUT2D eigenvalue weighted by Gasteiger charge is -2.24. The highest BCUT2D eigenvalue weighted by molar-refractivity contribution is 7.16. The highest BCUT2D eigenvalue weighted by Crippen LogP contribution is 2.29. The van der Waals surface area contributed by atoms with Crippen LogP contribution >= 0.6 is 22.9 Å². The third-order valence-electron chi connectivity index (χ3n) is 3.67. The maximum Gasteiger partial charge on any atom is 0.231 e. The molecule has 7 heteroatoms. The van der Waals surface area contributed by atoms with E-state index in [1.54, 1.807) is 0 Å². The molecule has 2 heterocycles. The number of nitrogens with two attached hydrogens (primary N) is 1. The van der Waals surface area contributed by atoms with E-state index in [9.17, 15) is 9.59 Å². The van der Waals surface area contributed by atoms with Crippen LogP contribution in [0.4, 0.5) is 0 Å². The number of thiophene rings is 1. The lowest BCUT2D eigenvalue weighted by atomic mass is 10.1.